The van der Waals surface area contributed by atoms with E-state index in [1.54, 1.807) is 0 Å². The maximum Gasteiger partial charge on any atom is 0.0948 e. The highest BCUT2D eigenvalue weighted by molar-refractivity contribution is 4.99. The minimum absolute atomic E-state index is 0.779. The Hall–Kier alpha value is -0.790. The molecule has 2 fully saturated rings. The zero-order chi connectivity index (χ0) is 7.26. The van der Waals surface area contributed by atoms with Crippen LogP contribution in [0.3, 0.4) is 0 Å². The van der Waals surface area contributed by atoms with Crippen LogP contribution in [0.2, 0.25) is 0 Å². The molecule has 0 aliphatic heterocycles. The molecule has 2 unspecified atom stereocenters. The molecule has 2 aliphatic carbocycles. The molecule has 3 rings (SSSR count). The molecular weight excluding hydrogens is 136 g/mol. The first-order valence-corrected chi connectivity index (χ1v) is 4.41. The molecule has 0 radical (unpaired) electrons. The number of nitrogens with zero attached hydrogens (tertiary/aromatic N) is 2. The van der Waals surface area contributed by atoms with Crippen LogP contribution in [0.5, 0.6) is 0 Å². The lowest BCUT2D eigenvalue weighted by Crippen LogP contribution is -2.03. The highest BCUT2D eigenvalue weighted by Gasteiger charge is 2.46. The lowest BCUT2D eigenvalue weighted by atomic mass is 10.1. The average Bonchev–Trinajstić information content (AvgIpc) is 2.60. The fourth-order valence-corrected chi connectivity index (χ4v) is 2.41. The number of imidazole rings is 1. The fraction of sp³-hybridized carbons (Fsp3) is 0.667. The Morgan fingerprint density at radius 1 is 1.18 bits per heavy atom. The van der Waals surface area contributed by atoms with E-state index in [9.17, 15) is 0 Å². The van der Waals surface area contributed by atoms with Gasteiger partial charge >= 0.3 is 0 Å². The van der Waals surface area contributed by atoms with Crippen LogP contribution in [-0.2, 0) is 0 Å². The predicted molar refractivity (Wildman–Crippen MR) is 42.1 cm³/mol. The van der Waals surface area contributed by atoms with Gasteiger partial charge < -0.3 is 4.57 Å². The summed E-state index contributed by atoms with van der Waals surface area (Å²) in [7, 11) is 0. The van der Waals surface area contributed by atoms with Gasteiger partial charge in [0.15, 0.2) is 0 Å². The molecule has 2 saturated carbocycles. The Kier molecular flexibility index (Phi) is 0.989. The monoisotopic (exact) mass is 148 g/mol. The van der Waals surface area contributed by atoms with Gasteiger partial charge in [0.25, 0.3) is 0 Å². The Morgan fingerprint density at radius 2 is 2.00 bits per heavy atom. The van der Waals surface area contributed by atoms with Crippen molar-refractivity contribution >= 4 is 0 Å². The van der Waals surface area contributed by atoms with E-state index in [0.717, 1.165) is 17.9 Å². The fourth-order valence-electron chi connectivity index (χ4n) is 2.41. The van der Waals surface area contributed by atoms with E-state index in [4.69, 9.17) is 0 Å². The van der Waals surface area contributed by atoms with Gasteiger partial charge in [0.05, 0.1) is 6.33 Å². The van der Waals surface area contributed by atoms with E-state index in [1.165, 1.54) is 19.3 Å². The zero-order valence-corrected chi connectivity index (χ0v) is 6.48. The van der Waals surface area contributed by atoms with Crippen LogP contribution in [0.15, 0.2) is 18.7 Å². The summed E-state index contributed by atoms with van der Waals surface area (Å²) in [6.07, 6.45) is 10.2. The van der Waals surface area contributed by atoms with Crippen LogP contribution >= 0.6 is 0 Å². The topological polar surface area (TPSA) is 17.8 Å². The Labute approximate surface area is 66.2 Å². The van der Waals surface area contributed by atoms with Crippen molar-refractivity contribution in [3.8, 4) is 0 Å². The van der Waals surface area contributed by atoms with Crippen LogP contribution in [0, 0.1) is 11.8 Å². The second-order valence-electron chi connectivity index (χ2n) is 3.89. The van der Waals surface area contributed by atoms with E-state index < -0.39 is 0 Å². The Bertz CT molecular complexity index is 243. The highest BCUT2D eigenvalue weighted by Crippen LogP contribution is 2.55. The third-order valence-electron chi connectivity index (χ3n) is 3.17. The zero-order valence-electron chi connectivity index (χ0n) is 6.48. The summed E-state index contributed by atoms with van der Waals surface area (Å²) in [5.41, 5.74) is 0. The summed E-state index contributed by atoms with van der Waals surface area (Å²) in [6.45, 7) is 0. The lowest BCUT2D eigenvalue weighted by molar-refractivity contribution is 0.467. The van der Waals surface area contributed by atoms with Crippen molar-refractivity contribution in [2.24, 2.45) is 11.8 Å². The third-order valence-corrected chi connectivity index (χ3v) is 3.17. The number of fused-ring (bicyclic) bond motifs is 1. The van der Waals surface area contributed by atoms with Gasteiger partial charge in [-0.15, -0.1) is 0 Å². The summed E-state index contributed by atoms with van der Waals surface area (Å²) < 4.78 is 2.27. The molecule has 2 heteroatoms. The van der Waals surface area contributed by atoms with Gasteiger partial charge in [0.1, 0.15) is 0 Å². The molecule has 1 aromatic heterocycles. The second kappa shape index (κ2) is 1.87. The van der Waals surface area contributed by atoms with Crippen LogP contribution in [-0.4, -0.2) is 9.55 Å². The molecule has 0 aromatic carbocycles. The molecule has 0 N–H and O–H groups in total. The van der Waals surface area contributed by atoms with Gasteiger partial charge in [-0.1, -0.05) is 0 Å². The van der Waals surface area contributed by atoms with E-state index in [1.807, 2.05) is 12.5 Å². The van der Waals surface area contributed by atoms with Crippen molar-refractivity contribution in [3.63, 3.8) is 0 Å². The summed E-state index contributed by atoms with van der Waals surface area (Å²) >= 11 is 0. The number of hydrogen-bond acceptors (Lipinski definition) is 1. The van der Waals surface area contributed by atoms with Gasteiger partial charge in [-0.05, 0) is 31.1 Å². The minimum atomic E-state index is 0.779. The van der Waals surface area contributed by atoms with E-state index in [0.29, 0.717) is 0 Å². The van der Waals surface area contributed by atoms with E-state index >= 15 is 0 Å². The van der Waals surface area contributed by atoms with Crippen molar-refractivity contribution < 1.29 is 0 Å². The SMILES string of the molecule is c1cn(C2CC3CC3C2)cn1. The van der Waals surface area contributed by atoms with Crippen LogP contribution in [0.1, 0.15) is 25.3 Å². The molecule has 1 aromatic rings. The van der Waals surface area contributed by atoms with Gasteiger partial charge in [-0.3, -0.25) is 0 Å². The molecule has 58 valence electrons. The average molecular weight is 148 g/mol. The third kappa shape index (κ3) is 0.817. The molecule has 2 aliphatic rings. The van der Waals surface area contributed by atoms with Gasteiger partial charge in [0, 0.05) is 18.4 Å². The Balaban J connectivity index is 1.81. The maximum absolute atomic E-state index is 4.07. The number of rotatable bonds is 1. The largest absolute Gasteiger partial charge is 0.334 e. The van der Waals surface area contributed by atoms with Crippen molar-refractivity contribution in [1.29, 1.82) is 0 Å². The molecule has 11 heavy (non-hydrogen) atoms. The summed E-state index contributed by atoms with van der Waals surface area (Å²) in [5.74, 6) is 2.14. The van der Waals surface area contributed by atoms with Crippen LogP contribution in [0.25, 0.3) is 0 Å². The van der Waals surface area contributed by atoms with Crippen LogP contribution in [0.4, 0.5) is 0 Å². The lowest BCUT2D eigenvalue weighted by Gasteiger charge is -2.12. The first kappa shape index (κ1) is 5.81. The van der Waals surface area contributed by atoms with Crippen molar-refractivity contribution in [3.05, 3.63) is 18.7 Å². The molecule has 0 bridgehead atoms. The number of hydrogen-bond donors (Lipinski definition) is 0. The minimum Gasteiger partial charge on any atom is -0.334 e. The second-order valence-corrected chi connectivity index (χ2v) is 3.89. The molecule has 2 atom stereocenters. The van der Waals surface area contributed by atoms with Gasteiger partial charge in [-0.25, -0.2) is 4.98 Å². The molecule has 0 amide bonds. The van der Waals surface area contributed by atoms with Gasteiger partial charge in [-0.2, -0.15) is 0 Å². The predicted octanol–water partition coefficient (Wildman–Crippen LogP) is 1.85. The van der Waals surface area contributed by atoms with Crippen LogP contribution < -0.4 is 0 Å². The normalized spacial score (nSPS) is 40.5. The highest BCUT2D eigenvalue weighted by atomic mass is 15.1. The quantitative estimate of drug-likeness (QED) is 0.594. The first-order chi connectivity index (χ1) is 5.43. The smallest absolute Gasteiger partial charge is 0.0948 e. The van der Waals surface area contributed by atoms with Gasteiger partial charge in [0.2, 0.25) is 0 Å². The van der Waals surface area contributed by atoms with E-state index in [-0.39, 0.29) is 0 Å². The Morgan fingerprint density at radius 3 is 2.64 bits per heavy atom. The van der Waals surface area contributed by atoms with Crippen molar-refractivity contribution in [1.82, 2.24) is 9.55 Å². The number of aromatic nitrogens is 2. The molecule has 1 heterocycles. The molecule has 2 nitrogen and oxygen atoms in total. The molecule has 0 saturated heterocycles. The summed E-state index contributed by atoms with van der Waals surface area (Å²) in [4.78, 5) is 4.07. The maximum atomic E-state index is 4.07. The van der Waals surface area contributed by atoms with Crippen molar-refractivity contribution in [2.75, 3.05) is 0 Å². The first-order valence-electron chi connectivity index (χ1n) is 4.41. The van der Waals surface area contributed by atoms with E-state index in [2.05, 4.69) is 15.7 Å². The molecular formula is C9H12N2. The summed E-state index contributed by atoms with van der Waals surface area (Å²) in [5, 5.41) is 0. The molecule has 0 spiro atoms. The standard InChI is InChI=1S/C9H12N2/c1-2-11(6-10-1)9-4-7-3-8(7)5-9/h1-2,6-9H,3-5H2. The summed E-state index contributed by atoms with van der Waals surface area (Å²) in [6, 6.07) is 0.779. The van der Waals surface area contributed by atoms with Crippen molar-refractivity contribution in [2.45, 2.75) is 25.3 Å².